The molecule has 0 bridgehead atoms. The van der Waals surface area contributed by atoms with E-state index in [0.717, 1.165) is 12.8 Å². The van der Waals surface area contributed by atoms with Crippen molar-refractivity contribution in [1.82, 2.24) is 5.32 Å². The van der Waals surface area contributed by atoms with Gasteiger partial charge in [0.05, 0.1) is 6.04 Å². The lowest BCUT2D eigenvalue weighted by atomic mass is 10.1. The van der Waals surface area contributed by atoms with Crippen LogP contribution in [0.25, 0.3) is 0 Å². The number of carbonyl (C=O) groups excluding carboxylic acids is 2. The molecule has 0 spiro atoms. The fourth-order valence-electron chi connectivity index (χ4n) is 1.13. The van der Waals surface area contributed by atoms with Gasteiger partial charge in [0.2, 0.25) is 5.91 Å². The number of hydrogen-bond donors (Lipinski definition) is 3. The zero-order valence-corrected chi connectivity index (χ0v) is 9.29. The van der Waals surface area contributed by atoms with Gasteiger partial charge < -0.3 is 16.8 Å². The molecule has 0 saturated heterocycles. The summed E-state index contributed by atoms with van der Waals surface area (Å²) in [6.45, 7) is 2.49. The minimum absolute atomic E-state index is 0.0620. The van der Waals surface area contributed by atoms with Crippen molar-refractivity contribution in [2.45, 2.75) is 38.6 Å². The summed E-state index contributed by atoms with van der Waals surface area (Å²) in [4.78, 5) is 21.9. The monoisotopic (exact) mass is 215 g/mol. The number of rotatable bonds is 8. The first-order valence-corrected chi connectivity index (χ1v) is 5.30. The summed E-state index contributed by atoms with van der Waals surface area (Å²) in [5.74, 6) is -0.125. The highest BCUT2D eigenvalue weighted by Gasteiger charge is 2.11. The van der Waals surface area contributed by atoms with Crippen LogP contribution in [-0.2, 0) is 9.59 Å². The molecule has 0 saturated carbocycles. The largest absolute Gasteiger partial charge is 0.354 e. The number of Topliss-reactive ketones (excluding diaryl/α,β-unsaturated/α-hetero) is 1. The first-order valence-electron chi connectivity index (χ1n) is 5.30. The van der Waals surface area contributed by atoms with E-state index in [4.69, 9.17) is 11.5 Å². The van der Waals surface area contributed by atoms with Gasteiger partial charge in [-0.25, -0.2) is 0 Å². The van der Waals surface area contributed by atoms with Gasteiger partial charge in [0.15, 0.2) is 0 Å². The second-order valence-corrected chi connectivity index (χ2v) is 3.63. The van der Waals surface area contributed by atoms with Crippen LogP contribution >= 0.6 is 0 Å². The molecular weight excluding hydrogens is 194 g/mol. The molecule has 1 atom stereocenters. The van der Waals surface area contributed by atoms with Crippen molar-refractivity contribution in [1.29, 1.82) is 0 Å². The Balaban J connectivity index is 3.55. The molecule has 5 heteroatoms. The van der Waals surface area contributed by atoms with Crippen LogP contribution in [0, 0.1) is 0 Å². The first-order chi connectivity index (χ1) is 7.07. The number of nitrogens with two attached hydrogens (primary N) is 2. The number of unbranched alkanes of at least 4 members (excludes halogenated alkanes) is 1. The molecule has 0 aliphatic carbocycles. The molecule has 0 radical (unpaired) electrons. The summed E-state index contributed by atoms with van der Waals surface area (Å²) in [6, 6.07) is -0.483. The second kappa shape index (κ2) is 8.38. The highest BCUT2D eigenvalue weighted by molar-refractivity contribution is 5.82. The molecule has 0 aliphatic heterocycles. The van der Waals surface area contributed by atoms with Crippen LogP contribution in [0.5, 0.6) is 0 Å². The maximum atomic E-state index is 11.3. The van der Waals surface area contributed by atoms with E-state index in [1.165, 1.54) is 6.92 Å². The van der Waals surface area contributed by atoms with Crippen molar-refractivity contribution in [2.75, 3.05) is 13.1 Å². The topological polar surface area (TPSA) is 98.2 Å². The van der Waals surface area contributed by atoms with Crippen LogP contribution < -0.4 is 16.8 Å². The zero-order chi connectivity index (χ0) is 11.7. The summed E-state index contributed by atoms with van der Waals surface area (Å²) in [5, 5.41) is 2.62. The molecule has 0 aromatic heterocycles. The van der Waals surface area contributed by atoms with Crippen molar-refractivity contribution in [3.8, 4) is 0 Å². The first kappa shape index (κ1) is 14.1. The van der Waals surface area contributed by atoms with Gasteiger partial charge in [-0.2, -0.15) is 0 Å². The smallest absolute Gasteiger partial charge is 0.236 e. The van der Waals surface area contributed by atoms with Crippen LogP contribution in [0.1, 0.15) is 32.6 Å². The van der Waals surface area contributed by atoms with Gasteiger partial charge >= 0.3 is 0 Å². The Morgan fingerprint density at radius 3 is 2.53 bits per heavy atom. The summed E-state index contributed by atoms with van der Waals surface area (Å²) in [5.41, 5.74) is 11.0. The third-order valence-electron chi connectivity index (χ3n) is 2.08. The van der Waals surface area contributed by atoms with Gasteiger partial charge in [-0.3, -0.25) is 9.59 Å². The van der Waals surface area contributed by atoms with E-state index in [0.29, 0.717) is 25.9 Å². The van der Waals surface area contributed by atoms with Crippen molar-refractivity contribution < 1.29 is 9.59 Å². The van der Waals surface area contributed by atoms with E-state index < -0.39 is 6.04 Å². The van der Waals surface area contributed by atoms with Crippen LogP contribution in [-0.4, -0.2) is 30.8 Å². The van der Waals surface area contributed by atoms with Crippen LogP contribution in [0.4, 0.5) is 0 Å². The lowest BCUT2D eigenvalue weighted by Crippen LogP contribution is -2.41. The third kappa shape index (κ3) is 8.08. The quantitative estimate of drug-likeness (QED) is 0.477. The summed E-state index contributed by atoms with van der Waals surface area (Å²) in [7, 11) is 0. The average molecular weight is 215 g/mol. The van der Waals surface area contributed by atoms with E-state index in [1.807, 2.05) is 0 Å². The van der Waals surface area contributed by atoms with E-state index >= 15 is 0 Å². The molecule has 0 aliphatic rings. The van der Waals surface area contributed by atoms with E-state index in [-0.39, 0.29) is 11.7 Å². The average Bonchev–Trinajstić information content (AvgIpc) is 2.17. The third-order valence-corrected chi connectivity index (χ3v) is 2.08. The highest BCUT2D eigenvalue weighted by atomic mass is 16.2. The van der Waals surface area contributed by atoms with Gasteiger partial charge in [0.1, 0.15) is 5.78 Å². The molecule has 0 rings (SSSR count). The highest BCUT2D eigenvalue weighted by Crippen LogP contribution is 1.97. The Morgan fingerprint density at radius 2 is 2.00 bits per heavy atom. The van der Waals surface area contributed by atoms with Crippen molar-refractivity contribution in [2.24, 2.45) is 11.5 Å². The van der Waals surface area contributed by atoms with Crippen molar-refractivity contribution in [3.05, 3.63) is 0 Å². The molecule has 1 amide bonds. The van der Waals surface area contributed by atoms with Crippen LogP contribution in [0.2, 0.25) is 0 Å². The lowest BCUT2D eigenvalue weighted by Gasteiger charge is -2.11. The number of nitrogens with one attached hydrogen (secondary N) is 1. The van der Waals surface area contributed by atoms with Gasteiger partial charge in [0.25, 0.3) is 0 Å². The number of hydrogen-bond acceptors (Lipinski definition) is 4. The van der Waals surface area contributed by atoms with Gasteiger partial charge in [-0.05, 0) is 26.3 Å². The standard InChI is InChI=1S/C10H21N3O2/c1-8(14)5-7-13-10(15)9(12)4-2-3-6-11/h9H,2-7,11-12H2,1H3,(H,13,15). The molecule has 5 nitrogen and oxygen atoms in total. The Morgan fingerprint density at radius 1 is 1.33 bits per heavy atom. The van der Waals surface area contributed by atoms with E-state index in [9.17, 15) is 9.59 Å². The molecule has 0 heterocycles. The minimum Gasteiger partial charge on any atom is -0.354 e. The molecule has 0 fully saturated rings. The van der Waals surface area contributed by atoms with Crippen molar-refractivity contribution in [3.63, 3.8) is 0 Å². The molecule has 0 aromatic carbocycles. The lowest BCUT2D eigenvalue weighted by molar-refractivity contribution is -0.122. The number of amides is 1. The minimum atomic E-state index is -0.483. The van der Waals surface area contributed by atoms with Gasteiger partial charge in [-0.1, -0.05) is 6.42 Å². The SMILES string of the molecule is CC(=O)CCNC(=O)C(N)CCCCN. The number of ketones is 1. The molecule has 1 unspecified atom stereocenters. The van der Waals surface area contributed by atoms with Gasteiger partial charge in [0, 0.05) is 13.0 Å². The van der Waals surface area contributed by atoms with E-state index in [2.05, 4.69) is 5.32 Å². The van der Waals surface area contributed by atoms with Crippen LogP contribution in [0.3, 0.4) is 0 Å². The molecular formula is C10H21N3O2. The summed E-state index contributed by atoms with van der Waals surface area (Å²) < 4.78 is 0. The second-order valence-electron chi connectivity index (χ2n) is 3.63. The number of carbonyl (C=O) groups is 2. The molecule has 5 N–H and O–H groups in total. The fraction of sp³-hybridized carbons (Fsp3) is 0.800. The Bertz CT molecular complexity index is 207. The maximum absolute atomic E-state index is 11.3. The Kier molecular flexibility index (Phi) is 7.85. The molecule has 0 aromatic rings. The maximum Gasteiger partial charge on any atom is 0.236 e. The summed E-state index contributed by atoms with van der Waals surface area (Å²) >= 11 is 0. The predicted molar refractivity (Wildman–Crippen MR) is 59.2 cm³/mol. The van der Waals surface area contributed by atoms with Crippen molar-refractivity contribution >= 4 is 11.7 Å². The Labute approximate surface area is 90.6 Å². The normalized spacial score (nSPS) is 12.2. The predicted octanol–water partition coefficient (Wildman–Crippen LogP) is -0.462. The van der Waals surface area contributed by atoms with E-state index in [1.54, 1.807) is 0 Å². The van der Waals surface area contributed by atoms with Crippen LogP contribution in [0.15, 0.2) is 0 Å². The summed E-state index contributed by atoms with van der Waals surface area (Å²) in [6.07, 6.45) is 2.75. The molecule has 15 heavy (non-hydrogen) atoms. The zero-order valence-electron chi connectivity index (χ0n) is 9.29. The Hall–Kier alpha value is -0.940. The van der Waals surface area contributed by atoms with Gasteiger partial charge in [-0.15, -0.1) is 0 Å². The fourth-order valence-corrected chi connectivity index (χ4v) is 1.13. The molecule has 88 valence electrons.